The standard InChI is InChI=1S/C13H17N3O/c1-9-8-16-13(12(17-9)7-14-2)10-5-3-4-6-11(10)15-16/h3-6,9,12,14H,7-8H2,1-2H3/t9?,12-/m0/s1. The van der Waals surface area contributed by atoms with Gasteiger partial charge in [0.1, 0.15) is 6.10 Å². The van der Waals surface area contributed by atoms with Crippen LogP contribution >= 0.6 is 0 Å². The Morgan fingerprint density at radius 1 is 1.47 bits per heavy atom. The van der Waals surface area contributed by atoms with E-state index in [1.807, 2.05) is 13.1 Å². The third-order valence-electron chi connectivity index (χ3n) is 3.21. The largest absolute Gasteiger partial charge is 0.366 e. The van der Waals surface area contributed by atoms with Crippen molar-refractivity contribution < 1.29 is 4.74 Å². The van der Waals surface area contributed by atoms with Gasteiger partial charge < -0.3 is 10.1 Å². The molecule has 1 N–H and O–H groups in total. The molecular weight excluding hydrogens is 214 g/mol. The molecule has 1 aliphatic heterocycles. The predicted molar refractivity (Wildman–Crippen MR) is 66.9 cm³/mol. The second-order valence-electron chi connectivity index (χ2n) is 4.58. The molecule has 0 spiro atoms. The lowest BCUT2D eigenvalue weighted by molar-refractivity contribution is -0.0375. The van der Waals surface area contributed by atoms with Gasteiger partial charge in [0, 0.05) is 11.9 Å². The van der Waals surface area contributed by atoms with Gasteiger partial charge in [-0.1, -0.05) is 18.2 Å². The number of hydrogen-bond acceptors (Lipinski definition) is 3. The number of aromatic nitrogens is 2. The number of hydrogen-bond donors (Lipinski definition) is 1. The molecule has 0 bridgehead atoms. The summed E-state index contributed by atoms with van der Waals surface area (Å²) < 4.78 is 8.09. The van der Waals surface area contributed by atoms with E-state index in [1.54, 1.807) is 0 Å². The van der Waals surface area contributed by atoms with Crippen molar-refractivity contribution in [2.45, 2.75) is 25.7 Å². The molecule has 3 rings (SSSR count). The van der Waals surface area contributed by atoms with Crippen molar-refractivity contribution in [3.05, 3.63) is 30.0 Å². The van der Waals surface area contributed by atoms with Crippen LogP contribution in [0.3, 0.4) is 0 Å². The van der Waals surface area contributed by atoms with Gasteiger partial charge in [-0.25, -0.2) is 0 Å². The van der Waals surface area contributed by atoms with Crippen molar-refractivity contribution in [1.82, 2.24) is 15.1 Å². The van der Waals surface area contributed by atoms with E-state index in [-0.39, 0.29) is 12.2 Å². The summed E-state index contributed by atoms with van der Waals surface area (Å²) in [6.45, 7) is 3.75. The molecule has 1 aromatic heterocycles. The molecule has 4 nitrogen and oxygen atoms in total. The highest BCUT2D eigenvalue weighted by molar-refractivity contribution is 5.82. The second kappa shape index (κ2) is 4.13. The molecule has 17 heavy (non-hydrogen) atoms. The van der Waals surface area contributed by atoms with E-state index in [0.717, 1.165) is 18.6 Å². The van der Waals surface area contributed by atoms with Crippen LogP contribution in [0.15, 0.2) is 24.3 Å². The minimum atomic E-state index is 0.0937. The summed E-state index contributed by atoms with van der Waals surface area (Å²) in [7, 11) is 1.95. The first-order valence-electron chi connectivity index (χ1n) is 6.05. The van der Waals surface area contributed by atoms with Crippen LogP contribution in [0, 0.1) is 0 Å². The average Bonchev–Trinajstić information content (AvgIpc) is 2.67. The van der Waals surface area contributed by atoms with Crippen molar-refractivity contribution in [3.63, 3.8) is 0 Å². The van der Waals surface area contributed by atoms with Crippen molar-refractivity contribution in [2.24, 2.45) is 0 Å². The fraction of sp³-hybridized carbons (Fsp3) is 0.462. The lowest BCUT2D eigenvalue weighted by Crippen LogP contribution is -2.33. The van der Waals surface area contributed by atoms with E-state index in [9.17, 15) is 0 Å². The summed E-state index contributed by atoms with van der Waals surface area (Å²) in [4.78, 5) is 0. The highest BCUT2D eigenvalue weighted by atomic mass is 16.5. The molecule has 2 heterocycles. The number of likely N-dealkylation sites (N-methyl/N-ethyl adjacent to an activating group) is 1. The number of fused-ring (bicyclic) bond motifs is 3. The maximum Gasteiger partial charge on any atom is 0.113 e. The van der Waals surface area contributed by atoms with E-state index in [4.69, 9.17) is 4.74 Å². The van der Waals surface area contributed by atoms with Crippen molar-refractivity contribution in [1.29, 1.82) is 0 Å². The van der Waals surface area contributed by atoms with Crippen molar-refractivity contribution in [3.8, 4) is 0 Å². The summed E-state index contributed by atoms with van der Waals surface area (Å²) in [6.07, 6.45) is 0.311. The summed E-state index contributed by atoms with van der Waals surface area (Å²) in [5, 5.41) is 9.04. The topological polar surface area (TPSA) is 39.1 Å². The molecule has 1 aromatic carbocycles. The molecular formula is C13H17N3O. The van der Waals surface area contributed by atoms with Crippen LogP contribution in [0.4, 0.5) is 0 Å². The van der Waals surface area contributed by atoms with Gasteiger partial charge in [-0.15, -0.1) is 0 Å². The van der Waals surface area contributed by atoms with Crippen LogP contribution in [0.25, 0.3) is 10.9 Å². The van der Waals surface area contributed by atoms with Gasteiger partial charge in [-0.3, -0.25) is 4.68 Å². The summed E-state index contributed by atoms with van der Waals surface area (Å²) in [6, 6.07) is 8.26. The zero-order chi connectivity index (χ0) is 11.8. The molecule has 4 heteroatoms. The number of nitrogens with zero attached hydrogens (tertiary/aromatic N) is 2. The highest BCUT2D eigenvalue weighted by Gasteiger charge is 2.28. The van der Waals surface area contributed by atoms with Gasteiger partial charge >= 0.3 is 0 Å². The SMILES string of the molecule is CNC[C@@H]1OC(C)Cn2nc3ccccc3c21. The van der Waals surface area contributed by atoms with Crippen molar-refractivity contribution in [2.75, 3.05) is 13.6 Å². The number of benzene rings is 1. The molecule has 0 saturated heterocycles. The number of rotatable bonds is 2. The van der Waals surface area contributed by atoms with E-state index in [1.165, 1.54) is 11.1 Å². The van der Waals surface area contributed by atoms with E-state index in [0.29, 0.717) is 0 Å². The average molecular weight is 231 g/mol. The van der Waals surface area contributed by atoms with E-state index in [2.05, 4.69) is 40.2 Å². The fourth-order valence-electron chi connectivity index (χ4n) is 2.54. The Labute approximate surface area is 101 Å². The maximum atomic E-state index is 6.00. The zero-order valence-corrected chi connectivity index (χ0v) is 10.2. The van der Waals surface area contributed by atoms with E-state index >= 15 is 0 Å². The van der Waals surface area contributed by atoms with Gasteiger partial charge in [0.25, 0.3) is 0 Å². The Kier molecular flexibility index (Phi) is 2.61. The molecule has 0 saturated carbocycles. The summed E-state index contributed by atoms with van der Waals surface area (Å²) >= 11 is 0. The molecule has 0 radical (unpaired) electrons. The Morgan fingerprint density at radius 3 is 3.12 bits per heavy atom. The van der Waals surface area contributed by atoms with Crippen LogP contribution in [0.5, 0.6) is 0 Å². The molecule has 2 aromatic rings. The van der Waals surface area contributed by atoms with Gasteiger partial charge in [-0.05, 0) is 20.0 Å². The minimum Gasteiger partial charge on any atom is -0.366 e. The molecule has 2 atom stereocenters. The van der Waals surface area contributed by atoms with Gasteiger partial charge in [-0.2, -0.15) is 5.10 Å². The van der Waals surface area contributed by atoms with Gasteiger partial charge in [0.05, 0.1) is 23.9 Å². The smallest absolute Gasteiger partial charge is 0.113 e. The van der Waals surface area contributed by atoms with Crippen molar-refractivity contribution >= 4 is 10.9 Å². The lowest BCUT2D eigenvalue weighted by atomic mass is 10.1. The maximum absolute atomic E-state index is 6.00. The second-order valence-corrected chi connectivity index (χ2v) is 4.58. The van der Waals surface area contributed by atoms with Gasteiger partial charge in [0.2, 0.25) is 0 Å². The molecule has 1 aliphatic rings. The lowest BCUT2D eigenvalue weighted by Gasteiger charge is -2.29. The summed E-state index contributed by atoms with van der Waals surface area (Å²) in [5.74, 6) is 0. The van der Waals surface area contributed by atoms with Crippen LogP contribution in [-0.4, -0.2) is 29.5 Å². The van der Waals surface area contributed by atoms with Gasteiger partial charge in [0.15, 0.2) is 0 Å². The van der Waals surface area contributed by atoms with Crippen LogP contribution in [-0.2, 0) is 11.3 Å². The highest BCUT2D eigenvalue weighted by Crippen LogP contribution is 2.31. The monoisotopic (exact) mass is 231 g/mol. The van der Waals surface area contributed by atoms with Crippen LogP contribution < -0.4 is 5.32 Å². The Morgan fingerprint density at radius 2 is 2.29 bits per heavy atom. The third-order valence-corrected chi connectivity index (χ3v) is 3.21. The quantitative estimate of drug-likeness (QED) is 0.855. The fourth-order valence-corrected chi connectivity index (χ4v) is 2.54. The first kappa shape index (κ1) is 10.7. The first-order valence-corrected chi connectivity index (χ1v) is 6.05. The summed E-state index contributed by atoms with van der Waals surface area (Å²) in [5.41, 5.74) is 2.26. The third kappa shape index (κ3) is 1.73. The van der Waals surface area contributed by atoms with Crippen LogP contribution in [0.2, 0.25) is 0 Å². The molecule has 0 amide bonds. The van der Waals surface area contributed by atoms with E-state index < -0.39 is 0 Å². The molecule has 0 aliphatic carbocycles. The molecule has 0 fully saturated rings. The Bertz CT molecular complexity index is 534. The molecule has 90 valence electrons. The number of ether oxygens (including phenoxy) is 1. The van der Waals surface area contributed by atoms with Crippen LogP contribution in [0.1, 0.15) is 18.7 Å². The Hall–Kier alpha value is -1.39. The Balaban J connectivity index is 2.15. The minimum absolute atomic E-state index is 0.0937. The number of nitrogens with one attached hydrogen (secondary N) is 1. The molecule has 1 unspecified atom stereocenters. The predicted octanol–water partition coefficient (Wildman–Crippen LogP) is 1.72. The normalized spacial score (nSPS) is 23.9. The first-order chi connectivity index (χ1) is 8.29. The zero-order valence-electron chi connectivity index (χ0n) is 10.2.